The number of carboxylic acids is 1. The SMILES string of the molecule is CC(=O)O.COc1ccc(C2(c3cccc(-c4cncnc4)c3)N=C(N)N3CC(F)(F)CN=C32)cc1. The van der Waals surface area contributed by atoms with Crippen molar-refractivity contribution in [3.8, 4) is 16.9 Å². The van der Waals surface area contributed by atoms with Crippen LogP contribution in [0.3, 0.4) is 0 Å². The van der Waals surface area contributed by atoms with Crippen molar-refractivity contribution in [3.63, 3.8) is 0 Å². The Morgan fingerprint density at radius 1 is 1.08 bits per heavy atom. The summed E-state index contributed by atoms with van der Waals surface area (Å²) in [7, 11) is 1.58. The highest BCUT2D eigenvalue weighted by Crippen LogP contribution is 2.44. The molecule has 1 unspecified atom stereocenters. The van der Waals surface area contributed by atoms with Crippen LogP contribution in [0.4, 0.5) is 8.78 Å². The summed E-state index contributed by atoms with van der Waals surface area (Å²) in [6.07, 6.45) is 4.88. The summed E-state index contributed by atoms with van der Waals surface area (Å²) in [5.74, 6) is -2.76. The second-order valence-corrected chi connectivity index (χ2v) is 8.22. The third kappa shape index (κ3) is 4.72. The summed E-state index contributed by atoms with van der Waals surface area (Å²) in [6, 6.07) is 15.0. The van der Waals surface area contributed by atoms with Gasteiger partial charge in [-0.05, 0) is 34.9 Å². The van der Waals surface area contributed by atoms with Crippen molar-refractivity contribution >= 4 is 17.8 Å². The molecule has 2 aliphatic rings. The summed E-state index contributed by atoms with van der Waals surface area (Å²) in [4.78, 5) is 27.5. The summed E-state index contributed by atoms with van der Waals surface area (Å²) in [5, 5.41) is 7.42. The lowest BCUT2D eigenvalue weighted by molar-refractivity contribution is -0.134. The molecule has 0 saturated heterocycles. The number of benzene rings is 2. The van der Waals surface area contributed by atoms with Gasteiger partial charge in [0.05, 0.1) is 13.7 Å². The Balaban J connectivity index is 0.000000709. The molecule has 0 amide bonds. The predicted octanol–water partition coefficient (Wildman–Crippen LogP) is 3.16. The summed E-state index contributed by atoms with van der Waals surface area (Å²) in [5.41, 5.74) is 8.20. The fourth-order valence-corrected chi connectivity index (χ4v) is 4.17. The van der Waals surface area contributed by atoms with Crippen molar-refractivity contribution in [1.29, 1.82) is 0 Å². The van der Waals surface area contributed by atoms with Gasteiger partial charge in [-0.15, -0.1) is 0 Å². The fourth-order valence-electron chi connectivity index (χ4n) is 4.17. The van der Waals surface area contributed by atoms with Gasteiger partial charge in [0.2, 0.25) is 0 Å². The molecule has 0 fully saturated rings. The first-order chi connectivity index (χ1) is 17.2. The van der Waals surface area contributed by atoms with E-state index in [-0.39, 0.29) is 5.96 Å². The van der Waals surface area contributed by atoms with Crippen molar-refractivity contribution in [2.75, 3.05) is 20.2 Å². The summed E-state index contributed by atoms with van der Waals surface area (Å²) >= 11 is 0. The van der Waals surface area contributed by atoms with Gasteiger partial charge in [0.25, 0.3) is 11.9 Å². The van der Waals surface area contributed by atoms with Gasteiger partial charge in [0, 0.05) is 24.9 Å². The molecule has 3 heterocycles. The number of hydrogen-bond donors (Lipinski definition) is 2. The normalized spacial score (nSPS) is 19.8. The van der Waals surface area contributed by atoms with Gasteiger partial charge < -0.3 is 15.6 Å². The average molecular weight is 495 g/mol. The largest absolute Gasteiger partial charge is 0.497 e. The number of alkyl halides is 2. The zero-order valence-electron chi connectivity index (χ0n) is 19.6. The van der Waals surface area contributed by atoms with Crippen molar-refractivity contribution in [3.05, 3.63) is 78.4 Å². The first kappa shape index (κ1) is 24.7. The van der Waals surface area contributed by atoms with E-state index in [2.05, 4.69) is 15.0 Å². The lowest BCUT2D eigenvalue weighted by Crippen LogP contribution is -2.53. The molecule has 0 bridgehead atoms. The highest BCUT2D eigenvalue weighted by Gasteiger charge is 2.53. The number of hydrogen-bond acceptors (Lipinski definition) is 8. The number of carbonyl (C=O) groups is 1. The van der Waals surface area contributed by atoms with Crippen molar-refractivity contribution < 1.29 is 23.4 Å². The number of aliphatic carboxylic acids is 1. The smallest absolute Gasteiger partial charge is 0.300 e. The van der Waals surface area contributed by atoms with E-state index in [1.165, 1.54) is 11.2 Å². The van der Waals surface area contributed by atoms with E-state index in [1.54, 1.807) is 31.6 Å². The minimum Gasteiger partial charge on any atom is -0.497 e. The van der Waals surface area contributed by atoms with E-state index < -0.39 is 30.5 Å². The molecular formula is C25H24F2N6O3. The van der Waals surface area contributed by atoms with Crippen LogP contribution in [0.5, 0.6) is 5.75 Å². The number of ether oxygens (including phenoxy) is 1. The first-order valence-corrected chi connectivity index (χ1v) is 10.9. The number of methoxy groups -OCH3 is 1. The van der Waals surface area contributed by atoms with Gasteiger partial charge >= 0.3 is 0 Å². The van der Waals surface area contributed by atoms with E-state index in [4.69, 9.17) is 25.4 Å². The van der Waals surface area contributed by atoms with Crippen molar-refractivity contribution in [2.24, 2.45) is 15.7 Å². The number of aliphatic imine (C=N–C) groups is 2. The van der Waals surface area contributed by atoms with Crippen molar-refractivity contribution in [2.45, 2.75) is 18.4 Å². The summed E-state index contributed by atoms with van der Waals surface area (Å²) in [6.45, 7) is -0.100. The molecule has 0 saturated carbocycles. The van der Waals surface area contributed by atoms with Crippen LogP contribution in [0, 0.1) is 0 Å². The van der Waals surface area contributed by atoms with Crippen LogP contribution >= 0.6 is 0 Å². The molecule has 0 spiro atoms. The number of aromatic nitrogens is 2. The first-order valence-electron chi connectivity index (χ1n) is 10.9. The zero-order chi connectivity index (χ0) is 25.9. The van der Waals surface area contributed by atoms with Gasteiger partial charge in [-0.3, -0.25) is 14.7 Å². The third-order valence-electron chi connectivity index (χ3n) is 5.67. The maximum Gasteiger partial charge on any atom is 0.300 e. The Labute approximate surface area is 206 Å². The maximum absolute atomic E-state index is 14.2. The number of fused-ring (bicyclic) bond motifs is 1. The van der Waals surface area contributed by atoms with E-state index in [0.29, 0.717) is 11.6 Å². The Hall–Kier alpha value is -4.41. The predicted molar refractivity (Wildman–Crippen MR) is 130 cm³/mol. The quantitative estimate of drug-likeness (QED) is 0.571. The van der Waals surface area contributed by atoms with Gasteiger partial charge in [0.15, 0.2) is 11.5 Å². The number of nitrogens with two attached hydrogens (primary N) is 1. The number of carboxylic acid groups (broad SMARTS) is 1. The van der Waals surface area contributed by atoms with Gasteiger partial charge in [-0.1, -0.05) is 30.3 Å². The molecular weight excluding hydrogens is 470 g/mol. The Kier molecular flexibility index (Phi) is 6.65. The van der Waals surface area contributed by atoms with Gasteiger partial charge in [0.1, 0.15) is 24.5 Å². The minimum atomic E-state index is -2.98. The number of guanidine groups is 1. The van der Waals surface area contributed by atoms with E-state index in [9.17, 15) is 8.78 Å². The lowest BCUT2D eigenvalue weighted by atomic mass is 9.81. The van der Waals surface area contributed by atoms with Crippen LogP contribution in [0.2, 0.25) is 0 Å². The molecule has 3 N–H and O–H groups in total. The number of amidine groups is 1. The molecule has 9 nitrogen and oxygen atoms in total. The lowest BCUT2D eigenvalue weighted by Gasteiger charge is -2.35. The molecule has 2 aliphatic heterocycles. The van der Waals surface area contributed by atoms with Gasteiger partial charge in [-0.2, -0.15) is 0 Å². The van der Waals surface area contributed by atoms with Crippen LogP contribution < -0.4 is 10.5 Å². The summed E-state index contributed by atoms with van der Waals surface area (Å²) < 4.78 is 33.6. The number of rotatable bonds is 4. The van der Waals surface area contributed by atoms with Crippen LogP contribution in [0.15, 0.2) is 77.2 Å². The average Bonchev–Trinajstić information content (AvgIpc) is 3.16. The standard InChI is InChI=1S/C23H20F2N6O.C2H4O2/c1-32-19-7-5-17(6-8-19)23(20-29-12-22(24,25)13-31(20)21(26)30-23)18-4-2-3-15(9-18)16-10-27-14-28-11-16;1-2(3)4/h2-11,14H,12-13H2,1H3,(H2,26,30);1H3,(H,3,4). The molecule has 11 heteroatoms. The second kappa shape index (κ2) is 9.68. The molecule has 0 radical (unpaired) electrons. The number of nitrogens with zero attached hydrogens (tertiary/aromatic N) is 5. The zero-order valence-corrected chi connectivity index (χ0v) is 19.6. The topological polar surface area (TPSA) is 126 Å². The maximum atomic E-state index is 14.2. The molecule has 5 rings (SSSR count). The molecule has 2 aromatic carbocycles. The Bertz CT molecular complexity index is 1310. The van der Waals surface area contributed by atoms with E-state index in [1.807, 2.05) is 36.4 Å². The number of halogens is 2. The fraction of sp³-hybridized carbons (Fsp3) is 0.240. The van der Waals surface area contributed by atoms with Crippen LogP contribution in [0.1, 0.15) is 18.1 Å². The van der Waals surface area contributed by atoms with E-state index in [0.717, 1.165) is 29.2 Å². The molecule has 1 aromatic heterocycles. The monoisotopic (exact) mass is 494 g/mol. The van der Waals surface area contributed by atoms with Crippen LogP contribution in [0.25, 0.3) is 11.1 Å². The van der Waals surface area contributed by atoms with Gasteiger partial charge in [-0.25, -0.2) is 23.7 Å². The molecule has 36 heavy (non-hydrogen) atoms. The van der Waals surface area contributed by atoms with E-state index >= 15 is 0 Å². The van der Waals surface area contributed by atoms with Crippen LogP contribution in [-0.4, -0.2) is 63.9 Å². The molecule has 1 atom stereocenters. The minimum absolute atomic E-state index is 0.00684. The molecule has 3 aromatic rings. The van der Waals surface area contributed by atoms with Crippen molar-refractivity contribution in [1.82, 2.24) is 14.9 Å². The molecule has 186 valence electrons. The Morgan fingerprint density at radius 2 is 1.75 bits per heavy atom. The third-order valence-corrected chi connectivity index (χ3v) is 5.67. The highest BCUT2D eigenvalue weighted by molar-refractivity contribution is 6.12. The van der Waals surface area contributed by atoms with Crippen LogP contribution in [-0.2, 0) is 10.3 Å². The Morgan fingerprint density at radius 3 is 2.39 bits per heavy atom. The molecule has 0 aliphatic carbocycles. The second-order valence-electron chi connectivity index (χ2n) is 8.22. The highest BCUT2D eigenvalue weighted by atomic mass is 19.3.